The third kappa shape index (κ3) is 3.66. The van der Waals surface area contributed by atoms with Gasteiger partial charge in [-0.05, 0) is 18.9 Å². The lowest BCUT2D eigenvalue weighted by molar-refractivity contribution is -0.132. The predicted octanol–water partition coefficient (Wildman–Crippen LogP) is 0.676. The number of hydrogen-bond acceptors (Lipinski definition) is 5. The lowest BCUT2D eigenvalue weighted by Crippen LogP contribution is -2.46. The molecule has 0 aromatic carbocycles. The third-order valence-corrected chi connectivity index (χ3v) is 3.67. The average molecular weight is 278 g/mol. The van der Waals surface area contributed by atoms with E-state index in [4.69, 9.17) is 0 Å². The van der Waals surface area contributed by atoms with Crippen LogP contribution in [0, 0.1) is 0 Å². The number of anilines is 1. The summed E-state index contributed by atoms with van der Waals surface area (Å²) in [5.74, 6) is 0.567. The van der Waals surface area contributed by atoms with Gasteiger partial charge in [0.25, 0.3) is 0 Å². The summed E-state index contributed by atoms with van der Waals surface area (Å²) in [6.07, 6.45) is 7.41. The Bertz CT molecular complexity index is 426. The minimum Gasteiger partial charge on any atom is -0.394 e. The van der Waals surface area contributed by atoms with E-state index in [1.54, 1.807) is 30.4 Å². The van der Waals surface area contributed by atoms with Crippen LogP contribution in [-0.4, -0.2) is 58.7 Å². The number of aliphatic hydroxyl groups excluding tert-OH is 1. The maximum Gasteiger partial charge on any atom is 0.242 e. The summed E-state index contributed by atoms with van der Waals surface area (Å²) >= 11 is 0. The minimum atomic E-state index is -0.0462. The van der Waals surface area contributed by atoms with Crippen LogP contribution in [0.1, 0.15) is 25.7 Å². The summed E-state index contributed by atoms with van der Waals surface area (Å²) in [5, 5.41) is 9.45. The largest absolute Gasteiger partial charge is 0.394 e. The van der Waals surface area contributed by atoms with Gasteiger partial charge in [-0.25, -0.2) is 9.97 Å². The molecule has 1 fully saturated rings. The summed E-state index contributed by atoms with van der Waals surface area (Å²) < 4.78 is 0. The molecule has 6 nitrogen and oxygen atoms in total. The standard InChI is InChI=1S/C14H22N4O2/c1-17(14-15-7-5-8-16-14)10-13(20)18-9-4-2-3-6-12(18)11-19/h5,7-8,12,19H,2-4,6,9-11H2,1H3. The van der Waals surface area contributed by atoms with Crippen LogP contribution in [-0.2, 0) is 4.79 Å². The zero-order chi connectivity index (χ0) is 14.4. The van der Waals surface area contributed by atoms with Crippen molar-refractivity contribution < 1.29 is 9.90 Å². The number of carbonyl (C=O) groups excluding carboxylic acids is 1. The second kappa shape index (κ2) is 7.19. The number of aromatic nitrogens is 2. The quantitative estimate of drug-likeness (QED) is 0.877. The Labute approximate surface area is 119 Å². The van der Waals surface area contributed by atoms with Crippen LogP contribution in [0.5, 0.6) is 0 Å². The summed E-state index contributed by atoms with van der Waals surface area (Å²) in [6.45, 7) is 1.01. The van der Waals surface area contributed by atoms with Gasteiger partial charge in [-0.1, -0.05) is 12.8 Å². The van der Waals surface area contributed by atoms with Gasteiger partial charge in [0.15, 0.2) is 0 Å². The molecule has 2 rings (SSSR count). The van der Waals surface area contributed by atoms with Gasteiger partial charge in [0.2, 0.25) is 11.9 Å². The second-order valence-corrected chi connectivity index (χ2v) is 5.18. The smallest absolute Gasteiger partial charge is 0.242 e. The molecule has 20 heavy (non-hydrogen) atoms. The van der Waals surface area contributed by atoms with Gasteiger partial charge in [0, 0.05) is 26.0 Å². The molecule has 0 aliphatic carbocycles. The molecule has 1 aliphatic heterocycles. The fraction of sp³-hybridized carbons (Fsp3) is 0.643. The van der Waals surface area contributed by atoms with Crippen LogP contribution in [0.15, 0.2) is 18.5 Å². The van der Waals surface area contributed by atoms with Crippen molar-refractivity contribution >= 4 is 11.9 Å². The number of aliphatic hydroxyl groups is 1. The van der Waals surface area contributed by atoms with Crippen molar-refractivity contribution in [1.29, 1.82) is 0 Å². The molecule has 1 aliphatic rings. The van der Waals surface area contributed by atoms with Crippen molar-refractivity contribution in [3.05, 3.63) is 18.5 Å². The van der Waals surface area contributed by atoms with Gasteiger partial charge in [0.05, 0.1) is 19.2 Å². The van der Waals surface area contributed by atoms with Crippen LogP contribution in [0.4, 0.5) is 5.95 Å². The van der Waals surface area contributed by atoms with Crippen molar-refractivity contribution in [3.8, 4) is 0 Å². The molecule has 1 amide bonds. The highest BCUT2D eigenvalue weighted by atomic mass is 16.3. The Morgan fingerprint density at radius 3 is 2.85 bits per heavy atom. The molecule has 2 heterocycles. The molecule has 6 heteroatoms. The molecule has 0 radical (unpaired) electrons. The van der Waals surface area contributed by atoms with Gasteiger partial charge < -0.3 is 14.9 Å². The Balaban J connectivity index is 1.99. The highest BCUT2D eigenvalue weighted by Gasteiger charge is 2.25. The van der Waals surface area contributed by atoms with Crippen LogP contribution in [0.3, 0.4) is 0 Å². The Morgan fingerprint density at radius 1 is 1.40 bits per heavy atom. The van der Waals surface area contributed by atoms with Crippen LogP contribution in [0.2, 0.25) is 0 Å². The number of nitrogens with zero attached hydrogens (tertiary/aromatic N) is 4. The number of likely N-dealkylation sites (N-methyl/N-ethyl adjacent to an activating group) is 1. The van der Waals surface area contributed by atoms with E-state index in [9.17, 15) is 9.90 Å². The molecular weight excluding hydrogens is 256 g/mol. The van der Waals surface area contributed by atoms with Crippen molar-refractivity contribution in [2.75, 3.05) is 31.6 Å². The molecule has 1 aromatic heterocycles. The number of amides is 1. The molecule has 110 valence electrons. The van der Waals surface area contributed by atoms with Crippen molar-refractivity contribution in [2.45, 2.75) is 31.7 Å². The molecule has 1 aromatic rings. The number of hydrogen-bond donors (Lipinski definition) is 1. The van der Waals surface area contributed by atoms with E-state index in [0.29, 0.717) is 5.95 Å². The van der Waals surface area contributed by atoms with E-state index in [1.165, 1.54) is 0 Å². The molecule has 1 atom stereocenters. The monoisotopic (exact) mass is 278 g/mol. The lowest BCUT2D eigenvalue weighted by atomic mass is 10.1. The average Bonchev–Trinajstić information content (AvgIpc) is 2.73. The van der Waals surface area contributed by atoms with Gasteiger partial charge in [-0.2, -0.15) is 0 Å². The van der Waals surface area contributed by atoms with E-state index in [1.807, 2.05) is 4.90 Å². The van der Waals surface area contributed by atoms with Crippen LogP contribution in [0.25, 0.3) is 0 Å². The topological polar surface area (TPSA) is 69.6 Å². The summed E-state index contributed by atoms with van der Waals surface area (Å²) in [5.41, 5.74) is 0. The first-order valence-corrected chi connectivity index (χ1v) is 7.11. The van der Waals surface area contributed by atoms with E-state index in [2.05, 4.69) is 9.97 Å². The first kappa shape index (κ1) is 14.7. The first-order chi connectivity index (χ1) is 9.72. The predicted molar refractivity (Wildman–Crippen MR) is 76.4 cm³/mol. The van der Waals surface area contributed by atoms with Gasteiger partial charge in [-0.3, -0.25) is 4.79 Å². The highest BCUT2D eigenvalue weighted by Crippen LogP contribution is 2.17. The van der Waals surface area contributed by atoms with E-state index in [-0.39, 0.29) is 25.1 Å². The van der Waals surface area contributed by atoms with Crippen molar-refractivity contribution in [3.63, 3.8) is 0 Å². The fourth-order valence-corrected chi connectivity index (χ4v) is 2.55. The number of likely N-dealkylation sites (tertiary alicyclic amines) is 1. The highest BCUT2D eigenvalue weighted by molar-refractivity contribution is 5.81. The summed E-state index contributed by atoms with van der Waals surface area (Å²) in [4.78, 5) is 24.2. The minimum absolute atomic E-state index is 0.0286. The molecular formula is C14H22N4O2. The molecule has 1 saturated heterocycles. The Kier molecular flexibility index (Phi) is 5.29. The van der Waals surface area contributed by atoms with E-state index < -0.39 is 0 Å². The lowest BCUT2D eigenvalue weighted by Gasteiger charge is -2.30. The Morgan fingerprint density at radius 2 is 2.15 bits per heavy atom. The molecule has 0 saturated carbocycles. The summed E-state index contributed by atoms with van der Waals surface area (Å²) in [7, 11) is 1.80. The Hall–Kier alpha value is -1.69. The van der Waals surface area contributed by atoms with Crippen molar-refractivity contribution in [1.82, 2.24) is 14.9 Å². The normalized spacial score (nSPS) is 19.5. The molecule has 0 spiro atoms. The van der Waals surface area contributed by atoms with Gasteiger partial charge in [-0.15, -0.1) is 0 Å². The zero-order valence-corrected chi connectivity index (χ0v) is 11.9. The summed E-state index contributed by atoms with van der Waals surface area (Å²) in [6, 6.07) is 1.70. The van der Waals surface area contributed by atoms with Crippen LogP contribution < -0.4 is 4.90 Å². The first-order valence-electron chi connectivity index (χ1n) is 7.11. The van der Waals surface area contributed by atoms with Gasteiger partial charge >= 0.3 is 0 Å². The van der Waals surface area contributed by atoms with Crippen molar-refractivity contribution in [2.24, 2.45) is 0 Å². The molecule has 1 N–H and O–H groups in total. The van der Waals surface area contributed by atoms with E-state index >= 15 is 0 Å². The zero-order valence-electron chi connectivity index (χ0n) is 11.9. The van der Waals surface area contributed by atoms with E-state index in [0.717, 1.165) is 32.2 Å². The SMILES string of the molecule is CN(CC(=O)N1CCCCCC1CO)c1ncccn1. The maximum atomic E-state index is 12.4. The second-order valence-electron chi connectivity index (χ2n) is 5.18. The molecule has 0 bridgehead atoms. The molecule has 1 unspecified atom stereocenters. The van der Waals surface area contributed by atoms with Crippen LogP contribution >= 0.6 is 0 Å². The number of rotatable bonds is 4. The number of carbonyl (C=O) groups is 1. The van der Waals surface area contributed by atoms with Gasteiger partial charge in [0.1, 0.15) is 0 Å². The maximum absolute atomic E-state index is 12.4. The third-order valence-electron chi connectivity index (χ3n) is 3.67. The fourth-order valence-electron chi connectivity index (χ4n) is 2.55.